The molecule has 160 valence electrons. The number of fused-ring (bicyclic) bond motifs is 1. The number of unbranched alkanes of at least 4 members (excludes halogenated alkanes) is 1. The Kier molecular flexibility index (Phi) is 8.72. The van der Waals surface area contributed by atoms with Crippen molar-refractivity contribution in [3.05, 3.63) is 23.8 Å². The lowest BCUT2D eigenvalue weighted by Gasteiger charge is -2.22. The van der Waals surface area contributed by atoms with Crippen LogP contribution in [0.4, 0.5) is 0 Å². The molecule has 0 radical (unpaired) electrons. The van der Waals surface area contributed by atoms with Crippen LogP contribution < -0.4 is 5.32 Å². The molecule has 0 bridgehead atoms. The van der Waals surface area contributed by atoms with Gasteiger partial charge in [0.15, 0.2) is 0 Å². The molecule has 2 aliphatic carbocycles. The zero-order valence-electron chi connectivity index (χ0n) is 18.2. The monoisotopic (exact) mass is 392 g/mol. The van der Waals surface area contributed by atoms with E-state index in [0.717, 1.165) is 45.1 Å². The summed E-state index contributed by atoms with van der Waals surface area (Å²) in [5.74, 6) is 1.22. The average Bonchev–Trinajstić information content (AvgIpc) is 3.14. The Bertz CT molecular complexity index is 568. The first-order chi connectivity index (χ1) is 13.2. The summed E-state index contributed by atoms with van der Waals surface area (Å²) in [6, 6.07) is 0. The fraction of sp³-hybridized carbons (Fsp3) is 0.783. The van der Waals surface area contributed by atoms with Gasteiger partial charge in [-0.15, -0.1) is 0 Å². The number of hydrogen-bond acceptors (Lipinski definition) is 4. The molecule has 0 aromatic heterocycles. The molecule has 5 heteroatoms. The van der Waals surface area contributed by atoms with E-state index in [1.54, 1.807) is 19.0 Å². The lowest BCUT2D eigenvalue weighted by Crippen LogP contribution is -2.33. The van der Waals surface area contributed by atoms with Crippen LogP contribution in [0.25, 0.3) is 0 Å². The second kappa shape index (κ2) is 10.6. The molecule has 3 N–H and O–H groups in total. The SMILES string of the molecule is CCCC[C@](C)(O)C/C=C/[C@@H]1[C@H]2CC(CCNCC(=O)N(C)C)=C[C@H]2C[C@H]1O. The number of amides is 1. The Morgan fingerprint density at radius 1 is 1.43 bits per heavy atom. The van der Waals surface area contributed by atoms with Gasteiger partial charge in [0.1, 0.15) is 0 Å². The van der Waals surface area contributed by atoms with E-state index in [1.165, 1.54) is 5.57 Å². The van der Waals surface area contributed by atoms with Crippen LogP contribution in [-0.4, -0.2) is 59.9 Å². The normalized spacial score (nSPS) is 29.0. The number of aliphatic hydroxyl groups is 2. The van der Waals surface area contributed by atoms with E-state index in [1.807, 2.05) is 6.92 Å². The molecule has 0 unspecified atom stereocenters. The van der Waals surface area contributed by atoms with Gasteiger partial charge in [0, 0.05) is 20.0 Å². The molecule has 0 heterocycles. The minimum absolute atomic E-state index is 0.0976. The van der Waals surface area contributed by atoms with E-state index < -0.39 is 5.60 Å². The average molecular weight is 393 g/mol. The van der Waals surface area contributed by atoms with Crippen molar-refractivity contribution in [2.45, 2.75) is 70.5 Å². The molecule has 5 atom stereocenters. The van der Waals surface area contributed by atoms with E-state index in [2.05, 4.69) is 30.5 Å². The number of allylic oxidation sites excluding steroid dienone is 1. The van der Waals surface area contributed by atoms with E-state index in [4.69, 9.17) is 0 Å². The molecule has 5 nitrogen and oxygen atoms in total. The number of hydrogen-bond donors (Lipinski definition) is 3. The van der Waals surface area contributed by atoms with Crippen molar-refractivity contribution in [3.63, 3.8) is 0 Å². The third-order valence-electron chi connectivity index (χ3n) is 6.33. The van der Waals surface area contributed by atoms with Crippen LogP contribution in [0.3, 0.4) is 0 Å². The molecule has 1 saturated carbocycles. The van der Waals surface area contributed by atoms with Crippen molar-refractivity contribution in [2.75, 3.05) is 27.2 Å². The standard InChI is InChI=1S/C23H40N2O3/c1-5-6-10-23(2,28)11-7-8-19-20-14-17(13-18(20)15-21(19)26)9-12-24-16-22(27)25(3)4/h7-8,13,18-21,24,26,28H,5-6,9-12,14-16H2,1-4H3/b8-7+/t18-,19+,20-,21+,23-/m0/s1. The summed E-state index contributed by atoms with van der Waals surface area (Å²) in [7, 11) is 3.54. The van der Waals surface area contributed by atoms with Gasteiger partial charge in [0.2, 0.25) is 5.91 Å². The summed E-state index contributed by atoms with van der Waals surface area (Å²) in [5, 5.41) is 24.2. The largest absolute Gasteiger partial charge is 0.392 e. The fourth-order valence-electron chi connectivity index (χ4n) is 4.53. The molecule has 0 aliphatic heterocycles. The molecule has 0 spiro atoms. The van der Waals surface area contributed by atoms with Crippen molar-refractivity contribution < 1.29 is 15.0 Å². The lowest BCUT2D eigenvalue weighted by atomic mass is 9.88. The number of rotatable bonds is 11. The van der Waals surface area contributed by atoms with Crippen LogP contribution in [-0.2, 0) is 4.79 Å². The van der Waals surface area contributed by atoms with Crippen LogP contribution in [0.5, 0.6) is 0 Å². The van der Waals surface area contributed by atoms with Crippen molar-refractivity contribution in [1.82, 2.24) is 10.2 Å². The van der Waals surface area contributed by atoms with Crippen molar-refractivity contribution in [2.24, 2.45) is 17.8 Å². The van der Waals surface area contributed by atoms with Gasteiger partial charge in [-0.05, 0) is 57.4 Å². The Labute approximate surface area is 170 Å². The van der Waals surface area contributed by atoms with Crippen LogP contribution >= 0.6 is 0 Å². The van der Waals surface area contributed by atoms with Gasteiger partial charge >= 0.3 is 0 Å². The van der Waals surface area contributed by atoms with E-state index in [9.17, 15) is 15.0 Å². The van der Waals surface area contributed by atoms with Crippen molar-refractivity contribution >= 4 is 5.91 Å². The first kappa shape index (κ1) is 23.1. The number of nitrogens with one attached hydrogen (secondary N) is 1. The topological polar surface area (TPSA) is 72.8 Å². The Balaban J connectivity index is 1.78. The van der Waals surface area contributed by atoms with Crippen LogP contribution in [0.15, 0.2) is 23.8 Å². The minimum atomic E-state index is -0.649. The van der Waals surface area contributed by atoms with E-state index in [-0.39, 0.29) is 17.9 Å². The molecule has 0 aromatic rings. The summed E-state index contributed by atoms with van der Waals surface area (Å²) in [6.45, 7) is 5.24. The van der Waals surface area contributed by atoms with E-state index >= 15 is 0 Å². The third kappa shape index (κ3) is 6.71. The van der Waals surface area contributed by atoms with Gasteiger partial charge in [0.05, 0.1) is 18.2 Å². The molecule has 0 aromatic carbocycles. The molecule has 2 rings (SSSR count). The summed E-state index contributed by atoms with van der Waals surface area (Å²) < 4.78 is 0. The predicted molar refractivity (Wildman–Crippen MR) is 114 cm³/mol. The second-order valence-electron chi connectivity index (χ2n) is 9.18. The first-order valence-corrected chi connectivity index (χ1v) is 10.9. The van der Waals surface area contributed by atoms with Gasteiger partial charge in [-0.2, -0.15) is 0 Å². The first-order valence-electron chi connectivity index (χ1n) is 10.9. The minimum Gasteiger partial charge on any atom is -0.392 e. The molecule has 0 saturated heterocycles. The summed E-state index contributed by atoms with van der Waals surface area (Å²) in [6.07, 6.45) is 12.8. The van der Waals surface area contributed by atoms with E-state index in [0.29, 0.717) is 24.8 Å². The Morgan fingerprint density at radius 3 is 2.86 bits per heavy atom. The van der Waals surface area contributed by atoms with Gasteiger partial charge in [0.25, 0.3) is 0 Å². The van der Waals surface area contributed by atoms with Crippen molar-refractivity contribution in [3.8, 4) is 0 Å². The highest BCUT2D eigenvalue weighted by atomic mass is 16.3. The highest BCUT2D eigenvalue weighted by Gasteiger charge is 2.43. The van der Waals surface area contributed by atoms with Crippen molar-refractivity contribution in [1.29, 1.82) is 0 Å². The van der Waals surface area contributed by atoms with Crippen LogP contribution in [0.1, 0.15) is 58.8 Å². The summed E-state index contributed by atoms with van der Waals surface area (Å²) in [5.41, 5.74) is 0.796. The van der Waals surface area contributed by atoms with Gasteiger partial charge in [-0.3, -0.25) is 4.79 Å². The molecule has 1 fully saturated rings. The van der Waals surface area contributed by atoms with Crippen LogP contribution in [0, 0.1) is 17.8 Å². The smallest absolute Gasteiger partial charge is 0.236 e. The third-order valence-corrected chi connectivity index (χ3v) is 6.33. The quantitative estimate of drug-likeness (QED) is 0.373. The molecule has 2 aliphatic rings. The second-order valence-corrected chi connectivity index (χ2v) is 9.18. The Hall–Kier alpha value is -1.17. The molecule has 28 heavy (non-hydrogen) atoms. The lowest BCUT2D eigenvalue weighted by molar-refractivity contribution is -0.127. The predicted octanol–water partition coefficient (Wildman–Crippen LogP) is 2.89. The maximum absolute atomic E-state index is 11.6. The van der Waals surface area contributed by atoms with Gasteiger partial charge in [-0.25, -0.2) is 0 Å². The molecular weight excluding hydrogens is 352 g/mol. The summed E-state index contributed by atoms with van der Waals surface area (Å²) >= 11 is 0. The maximum atomic E-state index is 11.6. The number of aliphatic hydroxyl groups excluding tert-OH is 1. The summed E-state index contributed by atoms with van der Waals surface area (Å²) in [4.78, 5) is 13.2. The number of carbonyl (C=O) groups is 1. The Morgan fingerprint density at radius 2 is 2.18 bits per heavy atom. The number of nitrogens with zero attached hydrogens (tertiary/aromatic N) is 1. The van der Waals surface area contributed by atoms with Gasteiger partial charge in [-0.1, -0.05) is 43.6 Å². The van der Waals surface area contributed by atoms with Crippen LogP contribution in [0.2, 0.25) is 0 Å². The van der Waals surface area contributed by atoms with Gasteiger partial charge < -0.3 is 20.4 Å². The molecule has 1 amide bonds. The zero-order chi connectivity index (χ0) is 20.7. The molecular formula is C23H40N2O3. The maximum Gasteiger partial charge on any atom is 0.236 e. The fourth-order valence-corrected chi connectivity index (χ4v) is 4.53. The zero-order valence-corrected chi connectivity index (χ0v) is 18.2. The number of carbonyl (C=O) groups excluding carboxylic acids is 1. The number of likely N-dealkylation sites (N-methyl/N-ethyl adjacent to an activating group) is 1. The highest BCUT2D eigenvalue weighted by molar-refractivity contribution is 5.77. The highest BCUT2D eigenvalue weighted by Crippen LogP contribution is 2.47.